The fourth-order valence-electron chi connectivity index (χ4n) is 3.04. The van der Waals surface area contributed by atoms with Crippen LogP contribution in [0.15, 0.2) is 18.2 Å². The van der Waals surface area contributed by atoms with Crippen molar-refractivity contribution in [1.82, 2.24) is 4.90 Å². The van der Waals surface area contributed by atoms with Crippen LogP contribution in [0.3, 0.4) is 0 Å². The molecule has 3 atom stereocenters. The number of nitrogens with zero attached hydrogens (tertiary/aromatic N) is 1. The van der Waals surface area contributed by atoms with Crippen LogP contribution >= 0.6 is 0 Å². The summed E-state index contributed by atoms with van der Waals surface area (Å²) in [6, 6.07) is 5.95. The molecule has 1 fully saturated rings. The molecule has 0 aromatic heterocycles. The molecule has 0 bridgehead atoms. The van der Waals surface area contributed by atoms with E-state index < -0.39 is 0 Å². The van der Waals surface area contributed by atoms with Crippen LogP contribution in [-0.4, -0.2) is 51.0 Å². The van der Waals surface area contributed by atoms with Crippen molar-refractivity contribution in [2.45, 2.75) is 32.1 Å². The van der Waals surface area contributed by atoms with E-state index in [-0.39, 0.29) is 18.2 Å². The zero-order chi connectivity index (χ0) is 15.4. The van der Waals surface area contributed by atoms with Crippen molar-refractivity contribution in [3.63, 3.8) is 0 Å². The first-order chi connectivity index (χ1) is 10.1. The molecule has 0 radical (unpaired) electrons. The Balaban J connectivity index is 2.31. The molecule has 1 aliphatic heterocycles. The van der Waals surface area contributed by atoms with E-state index in [4.69, 9.17) is 19.9 Å². The van der Waals surface area contributed by atoms with E-state index in [2.05, 4.69) is 18.7 Å². The quantitative estimate of drug-likeness (QED) is 0.897. The second-order valence-electron chi connectivity index (χ2n) is 5.57. The van der Waals surface area contributed by atoms with Gasteiger partial charge >= 0.3 is 0 Å². The van der Waals surface area contributed by atoms with Gasteiger partial charge in [-0.25, -0.2) is 0 Å². The van der Waals surface area contributed by atoms with Gasteiger partial charge in [0.25, 0.3) is 0 Å². The van der Waals surface area contributed by atoms with Gasteiger partial charge in [-0.15, -0.1) is 0 Å². The lowest BCUT2D eigenvalue weighted by Crippen LogP contribution is -2.48. The molecule has 0 spiro atoms. The summed E-state index contributed by atoms with van der Waals surface area (Å²) in [5, 5.41) is 0. The molecule has 2 rings (SSSR count). The lowest BCUT2D eigenvalue weighted by atomic mass is 10.0. The van der Waals surface area contributed by atoms with Crippen molar-refractivity contribution in [3.05, 3.63) is 23.8 Å². The van der Waals surface area contributed by atoms with Crippen LogP contribution in [0.5, 0.6) is 11.5 Å². The van der Waals surface area contributed by atoms with Gasteiger partial charge in [-0.05, 0) is 32.0 Å². The minimum absolute atomic E-state index is 0.101. The predicted molar refractivity (Wildman–Crippen MR) is 82.9 cm³/mol. The molecule has 118 valence electrons. The van der Waals surface area contributed by atoms with E-state index in [9.17, 15) is 0 Å². The summed E-state index contributed by atoms with van der Waals surface area (Å²) < 4.78 is 16.7. The van der Waals surface area contributed by atoms with Crippen molar-refractivity contribution in [2.75, 3.05) is 33.9 Å². The summed E-state index contributed by atoms with van der Waals surface area (Å²) >= 11 is 0. The van der Waals surface area contributed by atoms with Crippen LogP contribution in [-0.2, 0) is 4.74 Å². The Bertz CT molecular complexity index is 457. The maximum absolute atomic E-state index is 6.06. The summed E-state index contributed by atoms with van der Waals surface area (Å²) in [6.07, 6.45) is 0.416. The molecule has 3 unspecified atom stereocenters. The van der Waals surface area contributed by atoms with Gasteiger partial charge in [-0.2, -0.15) is 0 Å². The summed E-state index contributed by atoms with van der Waals surface area (Å²) in [5.74, 6) is 1.66. The van der Waals surface area contributed by atoms with E-state index in [0.717, 1.165) is 30.2 Å². The van der Waals surface area contributed by atoms with Crippen molar-refractivity contribution in [1.29, 1.82) is 0 Å². The van der Waals surface area contributed by atoms with Crippen molar-refractivity contribution in [3.8, 4) is 11.5 Å². The van der Waals surface area contributed by atoms with Crippen LogP contribution in [0, 0.1) is 0 Å². The van der Waals surface area contributed by atoms with Crippen LogP contribution in [0.4, 0.5) is 0 Å². The highest BCUT2D eigenvalue weighted by molar-refractivity contribution is 5.42. The van der Waals surface area contributed by atoms with Crippen molar-refractivity contribution >= 4 is 0 Å². The Morgan fingerprint density at radius 1 is 1.24 bits per heavy atom. The smallest absolute Gasteiger partial charge is 0.123 e. The van der Waals surface area contributed by atoms with Gasteiger partial charge in [0, 0.05) is 25.2 Å². The van der Waals surface area contributed by atoms with E-state index in [0.29, 0.717) is 6.54 Å². The Kier molecular flexibility index (Phi) is 5.45. The second kappa shape index (κ2) is 7.11. The van der Waals surface area contributed by atoms with Crippen molar-refractivity contribution < 1.29 is 14.2 Å². The number of benzene rings is 1. The van der Waals surface area contributed by atoms with E-state index in [1.807, 2.05) is 18.2 Å². The summed E-state index contributed by atoms with van der Waals surface area (Å²) in [5.41, 5.74) is 7.13. The first kappa shape index (κ1) is 16.1. The molecule has 1 saturated heterocycles. The standard InChI is InChI=1S/C16H26N2O3/c1-11-9-18(10-12(2)21-11)15(8-17)14-7-13(19-3)5-6-16(14)20-4/h5-7,11-12,15H,8-10,17H2,1-4H3. The normalized spacial score (nSPS) is 24.6. The molecule has 5 heteroatoms. The average Bonchev–Trinajstić information content (AvgIpc) is 2.47. The monoisotopic (exact) mass is 294 g/mol. The SMILES string of the molecule is COc1ccc(OC)c(C(CN)N2CC(C)OC(C)C2)c1. The van der Waals surface area contributed by atoms with Crippen molar-refractivity contribution in [2.24, 2.45) is 5.73 Å². The fourth-order valence-corrected chi connectivity index (χ4v) is 3.04. The maximum Gasteiger partial charge on any atom is 0.123 e. The molecule has 0 amide bonds. The number of hydrogen-bond donors (Lipinski definition) is 1. The number of nitrogens with two attached hydrogens (primary N) is 1. The van der Waals surface area contributed by atoms with Gasteiger partial charge in [0.05, 0.1) is 32.5 Å². The minimum Gasteiger partial charge on any atom is -0.497 e. The van der Waals surface area contributed by atoms with Crippen LogP contribution < -0.4 is 15.2 Å². The van der Waals surface area contributed by atoms with Gasteiger partial charge in [0.2, 0.25) is 0 Å². The Hall–Kier alpha value is -1.30. The highest BCUT2D eigenvalue weighted by atomic mass is 16.5. The van der Waals surface area contributed by atoms with E-state index in [1.165, 1.54) is 0 Å². The van der Waals surface area contributed by atoms with Gasteiger partial charge in [-0.1, -0.05) is 0 Å². The summed E-state index contributed by atoms with van der Waals surface area (Å²) in [6.45, 7) is 6.46. The number of hydrogen-bond acceptors (Lipinski definition) is 5. The van der Waals surface area contributed by atoms with Gasteiger partial charge in [-0.3, -0.25) is 4.90 Å². The molecule has 1 aromatic rings. The molecule has 0 saturated carbocycles. The largest absolute Gasteiger partial charge is 0.497 e. The molecule has 1 aromatic carbocycles. The number of ether oxygens (including phenoxy) is 3. The Morgan fingerprint density at radius 2 is 1.90 bits per heavy atom. The fraction of sp³-hybridized carbons (Fsp3) is 0.625. The average molecular weight is 294 g/mol. The zero-order valence-electron chi connectivity index (χ0n) is 13.3. The molecular formula is C16H26N2O3. The van der Waals surface area contributed by atoms with Gasteiger partial charge < -0.3 is 19.9 Å². The molecular weight excluding hydrogens is 268 g/mol. The number of rotatable bonds is 5. The summed E-state index contributed by atoms with van der Waals surface area (Å²) in [4.78, 5) is 2.37. The third-order valence-electron chi connectivity index (χ3n) is 3.91. The minimum atomic E-state index is 0.101. The number of methoxy groups -OCH3 is 2. The molecule has 2 N–H and O–H groups in total. The number of morpholine rings is 1. The highest BCUT2D eigenvalue weighted by Crippen LogP contribution is 2.33. The van der Waals surface area contributed by atoms with Crippen LogP contribution in [0.25, 0.3) is 0 Å². The Morgan fingerprint density at radius 3 is 2.43 bits per heavy atom. The molecule has 0 aliphatic carbocycles. The molecule has 1 aliphatic rings. The lowest BCUT2D eigenvalue weighted by molar-refractivity contribution is -0.0801. The lowest BCUT2D eigenvalue weighted by Gasteiger charge is -2.40. The predicted octanol–water partition coefficient (Wildman–Crippen LogP) is 1.81. The molecule has 21 heavy (non-hydrogen) atoms. The van der Waals surface area contributed by atoms with Gasteiger partial charge in [0.1, 0.15) is 11.5 Å². The first-order valence-electron chi connectivity index (χ1n) is 7.40. The zero-order valence-corrected chi connectivity index (χ0v) is 13.3. The Labute approximate surface area is 127 Å². The van der Waals surface area contributed by atoms with Crippen LogP contribution in [0.1, 0.15) is 25.5 Å². The van der Waals surface area contributed by atoms with Gasteiger partial charge in [0.15, 0.2) is 0 Å². The van der Waals surface area contributed by atoms with Crippen LogP contribution in [0.2, 0.25) is 0 Å². The second-order valence-corrected chi connectivity index (χ2v) is 5.57. The third-order valence-corrected chi connectivity index (χ3v) is 3.91. The van der Waals surface area contributed by atoms with E-state index in [1.54, 1.807) is 14.2 Å². The first-order valence-corrected chi connectivity index (χ1v) is 7.40. The summed E-state index contributed by atoms with van der Waals surface area (Å²) in [7, 11) is 3.35. The van der Waals surface area contributed by atoms with E-state index >= 15 is 0 Å². The molecule has 5 nitrogen and oxygen atoms in total. The third kappa shape index (κ3) is 3.67. The molecule has 1 heterocycles. The topological polar surface area (TPSA) is 57.0 Å². The highest BCUT2D eigenvalue weighted by Gasteiger charge is 2.29. The maximum atomic E-state index is 6.06.